The van der Waals surface area contributed by atoms with Crippen LogP contribution in [0.3, 0.4) is 0 Å². The Labute approximate surface area is 285 Å². The van der Waals surface area contributed by atoms with E-state index in [0.29, 0.717) is 0 Å². The summed E-state index contributed by atoms with van der Waals surface area (Å²) in [6.45, 7) is 9.50. The van der Waals surface area contributed by atoms with Gasteiger partial charge in [-0.15, -0.1) is 11.3 Å². The molecule has 0 aliphatic heterocycles. The summed E-state index contributed by atoms with van der Waals surface area (Å²) < 4.78 is 2.64. The predicted octanol–water partition coefficient (Wildman–Crippen LogP) is 13.3. The minimum Gasteiger partial charge on any atom is -0.310 e. The zero-order valence-corrected chi connectivity index (χ0v) is 28.5. The van der Waals surface area contributed by atoms with Crippen LogP contribution in [-0.2, 0) is 10.8 Å². The molecule has 1 aromatic heterocycles. The number of thiophene rings is 1. The van der Waals surface area contributed by atoms with E-state index in [1.807, 2.05) is 11.3 Å². The van der Waals surface area contributed by atoms with Crippen molar-refractivity contribution >= 4 is 59.3 Å². The highest BCUT2D eigenvalue weighted by molar-refractivity contribution is 7.26. The van der Waals surface area contributed by atoms with E-state index in [1.165, 1.54) is 92.5 Å². The van der Waals surface area contributed by atoms with Crippen LogP contribution in [0, 0.1) is 0 Å². The lowest BCUT2D eigenvalue weighted by Crippen LogP contribution is -2.18. The van der Waals surface area contributed by atoms with Gasteiger partial charge in [0.05, 0.1) is 5.69 Å². The molecule has 7 aromatic carbocycles. The monoisotopic (exact) mass is 633 g/mol. The normalized spacial score (nSPS) is 15.0. The van der Waals surface area contributed by atoms with Crippen molar-refractivity contribution in [1.29, 1.82) is 0 Å². The van der Waals surface area contributed by atoms with Crippen LogP contribution in [0.2, 0.25) is 0 Å². The lowest BCUT2D eigenvalue weighted by atomic mass is 9.82. The molecular weight excluding hydrogens is 599 g/mol. The van der Waals surface area contributed by atoms with Gasteiger partial charge in [0, 0.05) is 42.4 Å². The van der Waals surface area contributed by atoms with Crippen molar-refractivity contribution in [2.24, 2.45) is 0 Å². The van der Waals surface area contributed by atoms with Crippen LogP contribution in [0.25, 0.3) is 53.2 Å². The summed E-state index contributed by atoms with van der Waals surface area (Å²) in [7, 11) is 0. The first-order valence-electron chi connectivity index (χ1n) is 16.9. The molecule has 0 unspecified atom stereocenters. The highest BCUT2D eigenvalue weighted by Crippen LogP contribution is 2.54. The van der Waals surface area contributed by atoms with E-state index in [2.05, 4.69) is 172 Å². The molecule has 0 atom stereocenters. The van der Waals surface area contributed by atoms with E-state index in [9.17, 15) is 0 Å². The average molecular weight is 634 g/mol. The van der Waals surface area contributed by atoms with Crippen LogP contribution >= 0.6 is 11.3 Å². The van der Waals surface area contributed by atoms with Crippen molar-refractivity contribution in [1.82, 2.24) is 0 Å². The van der Waals surface area contributed by atoms with E-state index in [-0.39, 0.29) is 10.8 Å². The van der Waals surface area contributed by atoms with Gasteiger partial charge in [-0.25, -0.2) is 0 Å². The predicted molar refractivity (Wildman–Crippen MR) is 207 cm³/mol. The molecule has 2 aliphatic carbocycles. The van der Waals surface area contributed by atoms with Crippen molar-refractivity contribution in [2.45, 2.75) is 38.5 Å². The molecule has 10 rings (SSSR count). The highest BCUT2D eigenvalue weighted by Gasteiger charge is 2.38. The molecule has 0 saturated carbocycles. The maximum atomic E-state index is 2.53. The molecule has 1 heterocycles. The van der Waals surface area contributed by atoms with Crippen LogP contribution in [0.1, 0.15) is 49.9 Å². The Balaban J connectivity index is 1.25. The number of hydrogen-bond donors (Lipinski definition) is 0. The Bertz CT molecular complexity index is 2530. The third-order valence-electron chi connectivity index (χ3n) is 11.2. The zero-order chi connectivity index (χ0) is 32.4. The zero-order valence-electron chi connectivity index (χ0n) is 27.6. The molecule has 1 nitrogen and oxygen atoms in total. The summed E-state index contributed by atoms with van der Waals surface area (Å²) in [4.78, 5) is 2.53. The van der Waals surface area contributed by atoms with E-state index in [0.717, 1.165) is 0 Å². The fraction of sp³-hybridized carbons (Fsp3) is 0.130. The first kappa shape index (κ1) is 27.9. The van der Waals surface area contributed by atoms with E-state index < -0.39 is 0 Å². The second-order valence-electron chi connectivity index (χ2n) is 14.6. The summed E-state index contributed by atoms with van der Waals surface area (Å²) in [6, 6.07) is 52.5. The van der Waals surface area contributed by atoms with Gasteiger partial charge in [0.25, 0.3) is 0 Å². The molecule has 2 aliphatic rings. The molecule has 0 radical (unpaired) electrons. The standard InChI is InChI=1S/C46H35NS/c1-45(2)37-16-9-7-14-32(37)34-22-20-30(26-39(34)45)47(31-21-23-35-33-15-8-10-17-38(33)46(3,4)40(35)27-31)41-18-11-19-42-44(41)36-24-28-12-5-6-13-29(28)25-43(36)48-42/h5-27H,1-4H3. The molecule has 8 aromatic rings. The van der Waals surface area contributed by atoms with Crippen molar-refractivity contribution < 1.29 is 0 Å². The van der Waals surface area contributed by atoms with Crippen molar-refractivity contribution in [2.75, 3.05) is 4.90 Å². The van der Waals surface area contributed by atoms with Crippen molar-refractivity contribution in [3.8, 4) is 22.3 Å². The van der Waals surface area contributed by atoms with Gasteiger partial charge < -0.3 is 4.90 Å². The Morgan fingerprint density at radius 1 is 0.438 bits per heavy atom. The molecule has 0 fully saturated rings. The van der Waals surface area contributed by atoms with E-state index in [4.69, 9.17) is 0 Å². The van der Waals surface area contributed by atoms with Crippen LogP contribution in [0.5, 0.6) is 0 Å². The lowest BCUT2D eigenvalue weighted by Gasteiger charge is -2.30. The van der Waals surface area contributed by atoms with Crippen LogP contribution in [-0.4, -0.2) is 0 Å². The summed E-state index contributed by atoms with van der Waals surface area (Å²) in [6.07, 6.45) is 0. The van der Waals surface area contributed by atoms with Crippen molar-refractivity contribution in [3.05, 3.63) is 162 Å². The summed E-state index contributed by atoms with van der Waals surface area (Å²) in [5.41, 5.74) is 14.4. The maximum Gasteiger partial charge on any atom is 0.0554 e. The number of nitrogens with zero attached hydrogens (tertiary/aromatic N) is 1. The molecule has 230 valence electrons. The second-order valence-corrected chi connectivity index (χ2v) is 15.7. The van der Waals surface area contributed by atoms with Crippen LogP contribution in [0.15, 0.2) is 140 Å². The number of fused-ring (bicyclic) bond motifs is 10. The third-order valence-corrected chi connectivity index (χ3v) is 12.4. The molecule has 2 heteroatoms. The Hall–Kier alpha value is -5.18. The first-order chi connectivity index (χ1) is 23.3. The minimum absolute atomic E-state index is 0.0881. The second kappa shape index (κ2) is 9.69. The largest absolute Gasteiger partial charge is 0.310 e. The molecule has 0 spiro atoms. The summed E-state index contributed by atoms with van der Waals surface area (Å²) in [5, 5.41) is 5.20. The van der Waals surface area contributed by atoms with Gasteiger partial charge in [-0.3, -0.25) is 0 Å². The molecule has 0 N–H and O–H groups in total. The van der Waals surface area contributed by atoms with Gasteiger partial charge >= 0.3 is 0 Å². The topological polar surface area (TPSA) is 3.24 Å². The first-order valence-corrected chi connectivity index (χ1v) is 17.8. The van der Waals surface area contributed by atoms with E-state index >= 15 is 0 Å². The van der Waals surface area contributed by atoms with Gasteiger partial charge in [-0.05, 0) is 104 Å². The highest BCUT2D eigenvalue weighted by atomic mass is 32.1. The smallest absolute Gasteiger partial charge is 0.0554 e. The maximum absolute atomic E-state index is 2.53. The van der Waals surface area contributed by atoms with Gasteiger partial charge in [0.1, 0.15) is 0 Å². The number of hydrogen-bond acceptors (Lipinski definition) is 2. The molecular formula is C46H35NS. The van der Waals surface area contributed by atoms with Gasteiger partial charge in [-0.1, -0.05) is 119 Å². The fourth-order valence-electron chi connectivity index (χ4n) is 8.77. The summed E-state index contributed by atoms with van der Waals surface area (Å²) in [5.74, 6) is 0. The van der Waals surface area contributed by atoms with Crippen molar-refractivity contribution in [3.63, 3.8) is 0 Å². The quantitative estimate of drug-likeness (QED) is 0.187. The summed E-state index contributed by atoms with van der Waals surface area (Å²) >= 11 is 1.89. The average Bonchev–Trinajstić information content (AvgIpc) is 3.67. The third kappa shape index (κ3) is 3.72. The van der Waals surface area contributed by atoms with E-state index in [1.54, 1.807) is 0 Å². The van der Waals surface area contributed by atoms with Crippen LogP contribution < -0.4 is 4.90 Å². The van der Waals surface area contributed by atoms with Crippen LogP contribution in [0.4, 0.5) is 17.1 Å². The molecule has 0 saturated heterocycles. The number of anilines is 3. The number of benzene rings is 7. The Morgan fingerprint density at radius 3 is 1.56 bits per heavy atom. The van der Waals surface area contributed by atoms with Gasteiger partial charge in [0.2, 0.25) is 0 Å². The Kier molecular flexibility index (Phi) is 5.63. The minimum atomic E-state index is -0.0881. The van der Waals surface area contributed by atoms with Gasteiger partial charge in [0.15, 0.2) is 0 Å². The lowest BCUT2D eigenvalue weighted by molar-refractivity contribution is 0.660. The van der Waals surface area contributed by atoms with Gasteiger partial charge in [-0.2, -0.15) is 0 Å². The number of rotatable bonds is 3. The molecule has 0 bridgehead atoms. The Morgan fingerprint density at radius 2 is 0.958 bits per heavy atom. The fourth-order valence-corrected chi connectivity index (χ4v) is 9.93. The molecule has 0 amide bonds. The molecule has 48 heavy (non-hydrogen) atoms. The SMILES string of the molecule is CC1(C)c2ccccc2-c2ccc(N(c3ccc4c(c3)C(C)(C)c3ccccc3-4)c3cccc4sc5cc6ccccc6cc5c34)cc21.